The number of unbranched alkanes of at least 4 members (excludes halogenated alkanes) is 15. The van der Waals surface area contributed by atoms with Gasteiger partial charge in [-0.1, -0.05) is 206 Å². The summed E-state index contributed by atoms with van der Waals surface area (Å²) < 4.78 is 28.2. The molecule has 6 atom stereocenters. The average Bonchev–Trinajstić information content (AvgIpc) is 3.41. The molecule has 0 aliphatic carbocycles. The predicted molar refractivity (Wildman–Crippen MR) is 312 cm³/mol. The Balaban J connectivity index is 2.76. The monoisotopic (exact) mass is 1070 g/mol. The van der Waals surface area contributed by atoms with Gasteiger partial charge in [-0.25, -0.2) is 4.79 Å². The molecular weight excluding hydrogens is 973 g/mol. The van der Waals surface area contributed by atoms with E-state index in [-0.39, 0.29) is 25.9 Å². The summed E-state index contributed by atoms with van der Waals surface area (Å²) in [5, 5.41) is 31.4. The second-order valence-corrected chi connectivity index (χ2v) is 19.6. The van der Waals surface area contributed by atoms with Gasteiger partial charge < -0.3 is 39.0 Å². The molecule has 0 aromatic heterocycles. The fourth-order valence-corrected chi connectivity index (χ4v) is 8.02. The first-order valence-electron chi connectivity index (χ1n) is 29.5. The number of carbonyl (C=O) groups is 4. The molecule has 0 radical (unpaired) electrons. The molecule has 1 heterocycles. The zero-order valence-electron chi connectivity index (χ0n) is 47.7. The van der Waals surface area contributed by atoms with Gasteiger partial charge in [-0.05, 0) is 109 Å². The predicted octanol–water partition coefficient (Wildman–Crippen LogP) is 15.2. The summed E-state index contributed by atoms with van der Waals surface area (Å²) in [5.41, 5.74) is 0. The Morgan fingerprint density at radius 1 is 0.455 bits per heavy atom. The van der Waals surface area contributed by atoms with Crippen LogP contribution in [0, 0.1) is 0 Å². The Kier molecular flexibility index (Phi) is 47.2. The van der Waals surface area contributed by atoms with E-state index in [1.807, 2.05) is 18.2 Å². The number of esters is 3. The minimum atomic E-state index is -1.93. The van der Waals surface area contributed by atoms with Gasteiger partial charge in [0.2, 0.25) is 0 Å². The summed E-state index contributed by atoms with van der Waals surface area (Å²) in [7, 11) is 0. The zero-order valence-corrected chi connectivity index (χ0v) is 47.7. The number of aliphatic hydroxyl groups is 2. The molecule has 1 fully saturated rings. The Labute approximate surface area is 465 Å². The van der Waals surface area contributed by atoms with E-state index in [1.54, 1.807) is 6.08 Å². The Hall–Kier alpha value is -4.88. The summed E-state index contributed by atoms with van der Waals surface area (Å²) in [4.78, 5) is 51.1. The largest absolute Gasteiger partial charge is 0.479 e. The number of hydrogen-bond donors (Lipinski definition) is 3. The lowest BCUT2D eigenvalue weighted by atomic mass is 9.98. The molecule has 0 aromatic carbocycles. The lowest BCUT2D eigenvalue weighted by Gasteiger charge is -2.40. The van der Waals surface area contributed by atoms with Crippen molar-refractivity contribution < 1.29 is 58.2 Å². The second-order valence-electron chi connectivity index (χ2n) is 19.6. The van der Waals surface area contributed by atoms with Gasteiger partial charge in [-0.3, -0.25) is 14.4 Å². The van der Waals surface area contributed by atoms with Gasteiger partial charge in [-0.2, -0.15) is 0 Å². The van der Waals surface area contributed by atoms with Crippen molar-refractivity contribution in [1.29, 1.82) is 0 Å². The number of aliphatic hydroxyl groups excluding tert-OH is 2. The smallest absolute Gasteiger partial charge is 0.335 e. The Bertz CT molecular complexity index is 1800. The van der Waals surface area contributed by atoms with Crippen molar-refractivity contribution in [2.75, 3.05) is 13.2 Å². The third kappa shape index (κ3) is 41.8. The standard InChI is InChI=1S/C65H102O12/c1-4-7-10-13-16-19-22-25-27-28-29-30-32-34-36-39-42-45-48-51-57(66)73-54-56(75-58(67)52-49-46-43-40-38-35-31-26-23-20-17-14-11-8-5-2)55-74-65-63(61(70)60(69)62(77-65)64(71)72)76-59(68)53-50-47-44-41-37-33-24-21-18-15-12-9-6-3/h8,11-12,15-17,19-21,24-27,29-31,38,40,46,49,56,60-63,65,69-70H,4-7,9-10,13-14,18,22-23,28,32-37,39,41-45,47-48,50-55H2,1-3H3,(H,71,72)/b11-8-,15-12-,19-16-,20-17-,24-21-,27-25-,30-29-,31-26-,40-38-,49-46-. The first-order chi connectivity index (χ1) is 37.6. The number of carboxylic acids is 1. The van der Waals surface area contributed by atoms with E-state index in [9.17, 15) is 34.5 Å². The van der Waals surface area contributed by atoms with Crippen LogP contribution in [0.1, 0.15) is 213 Å². The third-order valence-electron chi connectivity index (χ3n) is 12.5. The average molecular weight is 1080 g/mol. The summed E-state index contributed by atoms with van der Waals surface area (Å²) in [6, 6.07) is 0. The van der Waals surface area contributed by atoms with E-state index in [0.717, 1.165) is 128 Å². The number of aliphatic carboxylic acids is 1. The molecule has 1 saturated heterocycles. The highest BCUT2D eigenvalue weighted by atomic mass is 16.7. The van der Waals surface area contributed by atoms with Crippen molar-refractivity contribution in [3.63, 3.8) is 0 Å². The van der Waals surface area contributed by atoms with Crippen molar-refractivity contribution in [1.82, 2.24) is 0 Å². The summed E-state index contributed by atoms with van der Waals surface area (Å²) in [6.45, 7) is 5.67. The van der Waals surface area contributed by atoms with Crippen LogP contribution in [0.3, 0.4) is 0 Å². The van der Waals surface area contributed by atoms with Gasteiger partial charge in [0.1, 0.15) is 18.8 Å². The normalized spacial score (nSPS) is 18.9. The molecule has 77 heavy (non-hydrogen) atoms. The second kappa shape index (κ2) is 51.9. The van der Waals surface area contributed by atoms with E-state index in [4.69, 9.17) is 23.7 Å². The summed E-state index contributed by atoms with van der Waals surface area (Å²) in [5.74, 6) is -3.34. The van der Waals surface area contributed by atoms with Crippen molar-refractivity contribution in [2.24, 2.45) is 0 Å². The van der Waals surface area contributed by atoms with Crippen molar-refractivity contribution in [3.8, 4) is 0 Å². The molecule has 434 valence electrons. The maximum Gasteiger partial charge on any atom is 0.335 e. The minimum absolute atomic E-state index is 0.0260. The quantitative estimate of drug-likeness (QED) is 0.0228. The van der Waals surface area contributed by atoms with Gasteiger partial charge in [0.25, 0.3) is 0 Å². The van der Waals surface area contributed by atoms with Crippen molar-refractivity contribution in [2.45, 2.75) is 250 Å². The molecular formula is C65H102O12. The molecule has 12 heteroatoms. The fraction of sp³-hybridized carbons (Fsp3) is 0.631. The zero-order chi connectivity index (χ0) is 56.1. The van der Waals surface area contributed by atoms with Crippen LogP contribution in [-0.4, -0.2) is 89.2 Å². The van der Waals surface area contributed by atoms with E-state index >= 15 is 0 Å². The van der Waals surface area contributed by atoms with E-state index < -0.39 is 67.3 Å². The molecule has 0 spiro atoms. The molecule has 0 bridgehead atoms. The first kappa shape index (κ1) is 70.1. The van der Waals surface area contributed by atoms with Crippen LogP contribution in [0.15, 0.2) is 122 Å². The van der Waals surface area contributed by atoms with Gasteiger partial charge >= 0.3 is 23.9 Å². The van der Waals surface area contributed by atoms with Gasteiger partial charge in [0.05, 0.1) is 13.0 Å². The molecule has 3 N–H and O–H groups in total. The molecule has 6 unspecified atom stereocenters. The van der Waals surface area contributed by atoms with Crippen LogP contribution in [-0.2, 0) is 42.9 Å². The highest BCUT2D eigenvalue weighted by Crippen LogP contribution is 2.26. The van der Waals surface area contributed by atoms with Crippen LogP contribution in [0.5, 0.6) is 0 Å². The van der Waals surface area contributed by atoms with Gasteiger partial charge in [0, 0.05) is 12.8 Å². The lowest BCUT2D eigenvalue weighted by molar-refractivity contribution is -0.301. The first-order valence-corrected chi connectivity index (χ1v) is 29.5. The van der Waals surface area contributed by atoms with E-state index in [2.05, 4.69) is 118 Å². The lowest BCUT2D eigenvalue weighted by Crippen LogP contribution is -2.61. The van der Waals surface area contributed by atoms with E-state index in [1.165, 1.54) is 25.7 Å². The molecule has 1 aliphatic rings. The SMILES string of the molecule is CC/C=C\C/C=C\C/C=C\C/C=C\C/C=C\CC(=O)OC(COC(=O)CCCCCCCC/C=C\C/C=C\C/C=C\CCCCC)COC1OC(C(=O)O)C(O)C(O)C1OC(=O)CCCCCCC/C=C\C/C=C\CCC. The highest BCUT2D eigenvalue weighted by Gasteiger charge is 2.50. The van der Waals surface area contributed by atoms with Gasteiger partial charge in [-0.15, -0.1) is 0 Å². The van der Waals surface area contributed by atoms with Crippen molar-refractivity contribution in [3.05, 3.63) is 122 Å². The third-order valence-corrected chi connectivity index (χ3v) is 12.5. The summed E-state index contributed by atoms with van der Waals surface area (Å²) in [6.07, 6.45) is 59.1. The number of hydrogen-bond acceptors (Lipinski definition) is 11. The number of rotatable bonds is 48. The minimum Gasteiger partial charge on any atom is -0.479 e. The maximum absolute atomic E-state index is 13.1. The number of allylic oxidation sites excluding steroid dienone is 19. The van der Waals surface area contributed by atoms with Gasteiger partial charge in [0.15, 0.2) is 24.6 Å². The molecule has 0 saturated carbocycles. The molecule has 12 nitrogen and oxygen atoms in total. The topological polar surface area (TPSA) is 175 Å². The Morgan fingerprint density at radius 3 is 1.36 bits per heavy atom. The maximum atomic E-state index is 13.1. The van der Waals surface area contributed by atoms with Crippen LogP contribution in [0.25, 0.3) is 0 Å². The van der Waals surface area contributed by atoms with E-state index in [0.29, 0.717) is 19.3 Å². The molecule has 1 rings (SSSR count). The number of carbonyl (C=O) groups excluding carboxylic acids is 3. The van der Waals surface area contributed by atoms with Crippen molar-refractivity contribution >= 4 is 23.9 Å². The van der Waals surface area contributed by atoms with Crippen LogP contribution in [0.4, 0.5) is 0 Å². The van der Waals surface area contributed by atoms with Crippen LogP contribution in [0.2, 0.25) is 0 Å². The fourth-order valence-electron chi connectivity index (χ4n) is 8.02. The molecule has 0 aromatic rings. The number of ether oxygens (including phenoxy) is 5. The highest BCUT2D eigenvalue weighted by molar-refractivity contribution is 5.74. The number of carboxylic acid groups (broad SMARTS) is 1. The molecule has 0 amide bonds. The van der Waals surface area contributed by atoms with Crippen LogP contribution < -0.4 is 0 Å². The van der Waals surface area contributed by atoms with Crippen LogP contribution >= 0.6 is 0 Å². The summed E-state index contributed by atoms with van der Waals surface area (Å²) >= 11 is 0. The molecule has 1 aliphatic heterocycles. The Morgan fingerprint density at radius 2 is 0.883 bits per heavy atom.